The lowest BCUT2D eigenvalue weighted by atomic mass is 9.99. The Labute approximate surface area is 216 Å². The third-order valence-corrected chi connectivity index (χ3v) is 6.49. The van der Waals surface area contributed by atoms with Crippen LogP contribution in [0.5, 0.6) is 5.75 Å². The van der Waals surface area contributed by atoms with Gasteiger partial charge in [0.1, 0.15) is 17.7 Å². The van der Waals surface area contributed by atoms with E-state index in [4.69, 9.17) is 15.5 Å². The van der Waals surface area contributed by atoms with Gasteiger partial charge in [-0.05, 0) is 54.6 Å². The number of nitrogens with two attached hydrogens (primary N) is 1. The van der Waals surface area contributed by atoms with Gasteiger partial charge >= 0.3 is 0 Å². The molecule has 1 atom stereocenters. The maximum atomic E-state index is 16.0. The molecule has 2 aromatic heterocycles. The Morgan fingerprint density at radius 2 is 1.86 bits per heavy atom. The summed E-state index contributed by atoms with van der Waals surface area (Å²) in [6.45, 7) is 4.28. The molecule has 188 valence electrons. The molecule has 0 spiro atoms. The predicted octanol–water partition coefficient (Wildman–Crippen LogP) is 6.52. The number of rotatable bonds is 8. The number of ether oxygens (including phenoxy) is 1. The van der Waals surface area contributed by atoms with Gasteiger partial charge in [0.15, 0.2) is 11.6 Å². The summed E-state index contributed by atoms with van der Waals surface area (Å²) in [6.07, 6.45) is 4.40. The molecule has 0 aliphatic heterocycles. The molecule has 7 heteroatoms. The summed E-state index contributed by atoms with van der Waals surface area (Å²) < 4.78 is 23.6. The lowest BCUT2D eigenvalue weighted by Gasteiger charge is -2.23. The Morgan fingerprint density at radius 1 is 1.05 bits per heavy atom. The van der Waals surface area contributed by atoms with Gasteiger partial charge < -0.3 is 20.4 Å². The second-order valence-corrected chi connectivity index (χ2v) is 8.95. The first kappa shape index (κ1) is 24.3. The number of halogens is 1. The average molecular weight is 496 g/mol. The summed E-state index contributed by atoms with van der Waals surface area (Å²) in [5.74, 6) is 1.01. The summed E-state index contributed by atoms with van der Waals surface area (Å²) in [6, 6.07) is 20.8. The van der Waals surface area contributed by atoms with Crippen LogP contribution in [-0.2, 0) is 13.5 Å². The molecule has 0 saturated heterocycles. The van der Waals surface area contributed by atoms with E-state index in [0.29, 0.717) is 23.8 Å². The van der Waals surface area contributed by atoms with E-state index in [1.165, 1.54) is 0 Å². The number of pyridine rings is 1. The van der Waals surface area contributed by atoms with Crippen molar-refractivity contribution in [3.63, 3.8) is 0 Å². The normalized spacial score (nSPS) is 12.0. The minimum absolute atomic E-state index is 0.249. The maximum absolute atomic E-state index is 16.0. The van der Waals surface area contributed by atoms with Crippen molar-refractivity contribution in [2.75, 3.05) is 17.7 Å². The van der Waals surface area contributed by atoms with Gasteiger partial charge in [-0.2, -0.15) is 0 Å². The van der Waals surface area contributed by atoms with Gasteiger partial charge in [0.2, 0.25) is 0 Å². The van der Waals surface area contributed by atoms with Crippen molar-refractivity contribution in [2.45, 2.75) is 26.3 Å². The van der Waals surface area contributed by atoms with Crippen molar-refractivity contribution >= 4 is 22.3 Å². The van der Waals surface area contributed by atoms with Gasteiger partial charge in [-0.25, -0.2) is 14.4 Å². The van der Waals surface area contributed by atoms with Crippen molar-refractivity contribution in [1.82, 2.24) is 14.5 Å². The second kappa shape index (κ2) is 10.3. The summed E-state index contributed by atoms with van der Waals surface area (Å²) in [5, 5.41) is 5.36. The van der Waals surface area contributed by atoms with Crippen molar-refractivity contribution in [2.24, 2.45) is 7.05 Å². The Balaban J connectivity index is 1.66. The minimum atomic E-state index is -0.579. The molecule has 0 aliphatic carbocycles. The fourth-order valence-corrected chi connectivity index (χ4v) is 4.59. The summed E-state index contributed by atoms with van der Waals surface area (Å²) in [7, 11) is 1.93. The van der Waals surface area contributed by atoms with Crippen molar-refractivity contribution in [1.29, 1.82) is 0 Å². The highest BCUT2D eigenvalue weighted by atomic mass is 19.1. The minimum Gasteiger partial charge on any atom is -0.491 e. The van der Waals surface area contributed by atoms with Crippen molar-refractivity contribution in [3.05, 3.63) is 102 Å². The predicted molar refractivity (Wildman–Crippen MR) is 147 cm³/mol. The number of benzene rings is 3. The van der Waals surface area contributed by atoms with E-state index in [1.807, 2.05) is 92.3 Å². The van der Waals surface area contributed by atoms with Crippen LogP contribution in [0.25, 0.3) is 22.0 Å². The highest BCUT2D eigenvalue weighted by Crippen LogP contribution is 2.35. The molecule has 5 aromatic rings. The topological polar surface area (TPSA) is 78.0 Å². The molecule has 0 bridgehead atoms. The molecule has 6 nitrogen and oxygen atoms in total. The Bertz CT molecular complexity index is 1550. The quantitative estimate of drug-likeness (QED) is 0.256. The van der Waals surface area contributed by atoms with E-state index in [2.05, 4.69) is 10.3 Å². The first-order chi connectivity index (χ1) is 18.0. The van der Waals surface area contributed by atoms with Gasteiger partial charge in [0.05, 0.1) is 12.3 Å². The number of hydrogen-bond donors (Lipinski definition) is 2. The number of nitrogens with one attached hydrogen (secondary N) is 1. The molecule has 1 unspecified atom stereocenters. The van der Waals surface area contributed by atoms with E-state index in [-0.39, 0.29) is 5.75 Å². The van der Waals surface area contributed by atoms with Crippen LogP contribution in [0.2, 0.25) is 0 Å². The monoisotopic (exact) mass is 495 g/mol. The molecule has 3 aromatic carbocycles. The first-order valence-electron chi connectivity index (χ1n) is 12.4. The molecule has 0 amide bonds. The van der Waals surface area contributed by atoms with Gasteiger partial charge in [0.25, 0.3) is 0 Å². The Kier molecular flexibility index (Phi) is 6.77. The smallest absolute Gasteiger partial charge is 0.170 e. The van der Waals surface area contributed by atoms with Gasteiger partial charge in [-0.3, -0.25) is 0 Å². The molecule has 37 heavy (non-hydrogen) atoms. The van der Waals surface area contributed by atoms with E-state index in [0.717, 1.165) is 39.7 Å². The first-order valence-corrected chi connectivity index (χ1v) is 12.4. The third kappa shape index (κ3) is 4.85. The van der Waals surface area contributed by atoms with E-state index in [1.54, 1.807) is 12.3 Å². The fourth-order valence-electron chi connectivity index (χ4n) is 4.59. The van der Waals surface area contributed by atoms with Crippen molar-refractivity contribution in [3.8, 4) is 17.0 Å². The zero-order valence-corrected chi connectivity index (χ0v) is 21.2. The number of nitrogens with zero attached hydrogens (tertiary/aromatic N) is 3. The Morgan fingerprint density at radius 3 is 2.62 bits per heavy atom. The van der Waals surface area contributed by atoms with Crippen LogP contribution in [0.4, 0.5) is 15.9 Å². The van der Waals surface area contributed by atoms with Gasteiger partial charge in [-0.15, -0.1) is 0 Å². The number of hydrogen-bond acceptors (Lipinski definition) is 5. The van der Waals surface area contributed by atoms with Crippen LogP contribution in [0.1, 0.15) is 36.8 Å². The number of imidazole rings is 1. The van der Waals surface area contributed by atoms with Crippen LogP contribution in [0.3, 0.4) is 0 Å². The third-order valence-electron chi connectivity index (χ3n) is 6.49. The van der Waals surface area contributed by atoms with Crippen LogP contribution in [0.15, 0.2) is 79.1 Å². The molecule has 5 rings (SSSR count). The summed E-state index contributed by atoms with van der Waals surface area (Å²) >= 11 is 0. The van der Waals surface area contributed by atoms with Gasteiger partial charge in [-0.1, -0.05) is 43.3 Å². The number of aromatic nitrogens is 3. The molecule has 0 aliphatic rings. The molecule has 3 N–H and O–H groups in total. The molecule has 2 heterocycles. The van der Waals surface area contributed by atoms with E-state index < -0.39 is 11.9 Å². The molecule has 0 radical (unpaired) electrons. The van der Waals surface area contributed by atoms with Crippen LogP contribution >= 0.6 is 0 Å². The van der Waals surface area contributed by atoms with Crippen LogP contribution in [0, 0.1) is 5.82 Å². The average Bonchev–Trinajstić information content (AvgIpc) is 3.30. The highest BCUT2D eigenvalue weighted by molar-refractivity contribution is 5.93. The fraction of sp³-hybridized carbons (Fsp3) is 0.200. The SMILES string of the molecule is CCOc1cc(CC)cc(C(Nc2ccc3c(N)nccc3c2)c2nc(-c3ccccc3)cn2C)c1F. The lowest BCUT2D eigenvalue weighted by Crippen LogP contribution is -2.19. The number of nitrogen functional groups attached to an aromatic ring is 1. The largest absolute Gasteiger partial charge is 0.491 e. The summed E-state index contributed by atoms with van der Waals surface area (Å²) in [5.41, 5.74) is 10.1. The second-order valence-electron chi connectivity index (χ2n) is 8.95. The molecule has 0 fully saturated rings. The Hall–Kier alpha value is -4.39. The number of anilines is 2. The van der Waals surface area contributed by atoms with Crippen molar-refractivity contribution < 1.29 is 9.13 Å². The zero-order chi connectivity index (χ0) is 25.9. The number of aryl methyl sites for hydroxylation is 2. The zero-order valence-electron chi connectivity index (χ0n) is 21.2. The number of fused-ring (bicyclic) bond motifs is 1. The highest BCUT2D eigenvalue weighted by Gasteiger charge is 2.26. The molecular formula is C30H30FN5O. The van der Waals surface area contributed by atoms with Gasteiger partial charge in [0, 0.05) is 41.6 Å². The molecule has 0 saturated carbocycles. The van der Waals surface area contributed by atoms with E-state index in [9.17, 15) is 0 Å². The maximum Gasteiger partial charge on any atom is 0.170 e. The van der Waals surface area contributed by atoms with Crippen LogP contribution in [-0.4, -0.2) is 21.1 Å². The molecular weight excluding hydrogens is 465 g/mol. The van der Waals surface area contributed by atoms with E-state index >= 15 is 4.39 Å². The summed E-state index contributed by atoms with van der Waals surface area (Å²) in [4.78, 5) is 9.14. The lowest BCUT2D eigenvalue weighted by molar-refractivity contribution is 0.319. The van der Waals surface area contributed by atoms with Crippen LogP contribution < -0.4 is 15.8 Å². The standard InChI is InChI=1S/C30H30FN5O/c1-4-19-15-24(27(31)26(16-19)37-5-2)28(30-35-25(18-36(30)3)20-9-7-6-8-10-20)34-22-11-12-23-21(17-22)13-14-33-29(23)32/h6-18,28,34H,4-5H2,1-3H3,(H2,32,33).